The minimum atomic E-state index is -0.0995. The van der Waals surface area contributed by atoms with Gasteiger partial charge < -0.3 is 4.74 Å². The molecule has 2 aromatic carbocycles. The number of halogens is 2. The van der Waals surface area contributed by atoms with Crippen LogP contribution in [0.15, 0.2) is 53.9 Å². The Morgan fingerprint density at radius 2 is 1.92 bits per heavy atom. The standard InChI is InChI=1S/C18H14Cl2N2O2S/c1-12(23)22(14-5-3-2-4-6-14)18-21-13(11-25-18)10-24-15-7-8-16(19)17(20)9-15/h2-9,11H,10H2,1H3. The van der Waals surface area contributed by atoms with Crippen molar-refractivity contribution in [2.75, 3.05) is 4.90 Å². The third-order valence-electron chi connectivity index (χ3n) is 3.34. The number of anilines is 2. The highest BCUT2D eigenvalue weighted by Crippen LogP contribution is 2.30. The highest BCUT2D eigenvalue weighted by molar-refractivity contribution is 7.14. The average Bonchev–Trinajstić information content (AvgIpc) is 3.05. The van der Waals surface area contributed by atoms with E-state index in [4.69, 9.17) is 27.9 Å². The topological polar surface area (TPSA) is 42.4 Å². The molecular weight excluding hydrogens is 379 g/mol. The van der Waals surface area contributed by atoms with Crippen molar-refractivity contribution in [3.05, 3.63) is 69.7 Å². The number of hydrogen-bond acceptors (Lipinski definition) is 4. The van der Waals surface area contributed by atoms with Gasteiger partial charge in [-0.2, -0.15) is 0 Å². The van der Waals surface area contributed by atoms with Crippen LogP contribution in [0.5, 0.6) is 5.75 Å². The molecule has 0 saturated carbocycles. The van der Waals surface area contributed by atoms with Crippen LogP contribution in [0.25, 0.3) is 0 Å². The van der Waals surface area contributed by atoms with E-state index in [1.165, 1.54) is 18.3 Å². The summed E-state index contributed by atoms with van der Waals surface area (Å²) in [6.45, 7) is 1.79. The molecule has 3 rings (SSSR count). The Morgan fingerprint density at radius 3 is 2.60 bits per heavy atom. The summed E-state index contributed by atoms with van der Waals surface area (Å²) in [5.74, 6) is 0.507. The van der Waals surface area contributed by atoms with Gasteiger partial charge in [0.15, 0.2) is 5.13 Å². The molecule has 0 aliphatic heterocycles. The van der Waals surface area contributed by atoms with Crippen LogP contribution < -0.4 is 9.64 Å². The Labute approximate surface area is 159 Å². The van der Waals surface area contributed by atoms with Crippen LogP contribution in [-0.2, 0) is 11.4 Å². The first kappa shape index (κ1) is 17.7. The van der Waals surface area contributed by atoms with Crippen molar-refractivity contribution >= 4 is 51.3 Å². The molecule has 25 heavy (non-hydrogen) atoms. The second kappa shape index (κ2) is 7.87. The fraction of sp³-hybridized carbons (Fsp3) is 0.111. The molecule has 0 aliphatic rings. The van der Waals surface area contributed by atoms with Gasteiger partial charge in [0, 0.05) is 18.4 Å². The molecule has 1 heterocycles. The quantitative estimate of drug-likeness (QED) is 0.557. The van der Waals surface area contributed by atoms with Crippen LogP contribution in [0.4, 0.5) is 10.8 Å². The summed E-state index contributed by atoms with van der Waals surface area (Å²) < 4.78 is 5.68. The van der Waals surface area contributed by atoms with Gasteiger partial charge in [-0.1, -0.05) is 41.4 Å². The molecule has 0 bridgehead atoms. The maximum Gasteiger partial charge on any atom is 0.230 e. The monoisotopic (exact) mass is 392 g/mol. The maximum atomic E-state index is 12.0. The molecule has 1 amide bonds. The van der Waals surface area contributed by atoms with Gasteiger partial charge in [-0.05, 0) is 24.3 Å². The number of amides is 1. The lowest BCUT2D eigenvalue weighted by Crippen LogP contribution is -2.22. The molecule has 7 heteroatoms. The van der Waals surface area contributed by atoms with Crippen LogP contribution in [-0.4, -0.2) is 10.9 Å². The number of para-hydroxylation sites is 1. The largest absolute Gasteiger partial charge is 0.487 e. The van der Waals surface area contributed by atoms with E-state index < -0.39 is 0 Å². The third-order valence-corrected chi connectivity index (χ3v) is 4.95. The molecule has 0 radical (unpaired) electrons. The normalized spacial score (nSPS) is 10.5. The van der Waals surface area contributed by atoms with Crippen LogP contribution in [0.1, 0.15) is 12.6 Å². The van der Waals surface area contributed by atoms with Crippen LogP contribution in [0.2, 0.25) is 10.0 Å². The number of aromatic nitrogens is 1. The molecule has 0 unspecified atom stereocenters. The van der Waals surface area contributed by atoms with Gasteiger partial charge in [0.2, 0.25) is 5.91 Å². The summed E-state index contributed by atoms with van der Waals surface area (Å²) in [4.78, 5) is 18.1. The van der Waals surface area contributed by atoms with Crippen LogP contribution in [0, 0.1) is 0 Å². The Balaban J connectivity index is 1.74. The van der Waals surface area contributed by atoms with Gasteiger partial charge in [-0.15, -0.1) is 11.3 Å². The number of nitrogens with zero attached hydrogens (tertiary/aromatic N) is 2. The number of ether oxygens (including phenoxy) is 1. The number of hydrogen-bond donors (Lipinski definition) is 0. The first-order valence-electron chi connectivity index (χ1n) is 7.42. The Morgan fingerprint density at radius 1 is 1.16 bits per heavy atom. The van der Waals surface area contributed by atoms with Gasteiger partial charge in [0.05, 0.1) is 21.4 Å². The highest BCUT2D eigenvalue weighted by Gasteiger charge is 2.17. The van der Waals surface area contributed by atoms with E-state index in [2.05, 4.69) is 4.98 Å². The first-order chi connectivity index (χ1) is 12.0. The van der Waals surface area contributed by atoms with Crippen molar-refractivity contribution in [2.24, 2.45) is 0 Å². The lowest BCUT2D eigenvalue weighted by Gasteiger charge is -2.17. The van der Waals surface area contributed by atoms with E-state index in [0.717, 1.165) is 11.4 Å². The summed E-state index contributed by atoms with van der Waals surface area (Å²) >= 11 is 13.3. The van der Waals surface area contributed by atoms with Gasteiger partial charge in [0.25, 0.3) is 0 Å². The van der Waals surface area contributed by atoms with Crippen molar-refractivity contribution in [3.8, 4) is 5.75 Å². The minimum absolute atomic E-state index is 0.0995. The smallest absolute Gasteiger partial charge is 0.230 e. The molecule has 4 nitrogen and oxygen atoms in total. The van der Waals surface area contributed by atoms with Crippen LogP contribution >= 0.6 is 34.5 Å². The van der Waals surface area contributed by atoms with Gasteiger partial charge in [-0.3, -0.25) is 9.69 Å². The van der Waals surface area contributed by atoms with Crippen molar-refractivity contribution in [1.82, 2.24) is 4.98 Å². The summed E-state index contributed by atoms with van der Waals surface area (Å²) in [6.07, 6.45) is 0. The summed E-state index contributed by atoms with van der Waals surface area (Å²) in [6, 6.07) is 14.5. The Bertz CT molecular complexity index is 884. The van der Waals surface area contributed by atoms with Gasteiger partial charge in [-0.25, -0.2) is 4.98 Å². The fourth-order valence-electron chi connectivity index (χ4n) is 2.19. The lowest BCUT2D eigenvalue weighted by molar-refractivity contribution is -0.115. The number of rotatable bonds is 5. The zero-order valence-corrected chi connectivity index (χ0v) is 15.6. The van der Waals surface area contributed by atoms with Crippen molar-refractivity contribution in [1.29, 1.82) is 0 Å². The zero-order valence-electron chi connectivity index (χ0n) is 13.3. The number of carbonyl (C=O) groups is 1. The molecule has 128 valence electrons. The van der Waals surface area contributed by atoms with E-state index in [1.807, 2.05) is 35.7 Å². The van der Waals surface area contributed by atoms with Crippen molar-refractivity contribution in [3.63, 3.8) is 0 Å². The van der Waals surface area contributed by atoms with E-state index in [1.54, 1.807) is 23.1 Å². The number of carbonyl (C=O) groups excluding carboxylic acids is 1. The molecule has 1 aromatic heterocycles. The summed E-state index contributed by atoms with van der Waals surface area (Å²) in [5.41, 5.74) is 1.51. The average molecular weight is 393 g/mol. The Kier molecular flexibility index (Phi) is 5.58. The van der Waals surface area contributed by atoms with Crippen LogP contribution in [0.3, 0.4) is 0 Å². The lowest BCUT2D eigenvalue weighted by atomic mass is 10.3. The third kappa shape index (κ3) is 4.31. The number of thiazole rings is 1. The molecule has 3 aromatic rings. The molecule has 0 fully saturated rings. The van der Waals surface area contributed by atoms with E-state index in [9.17, 15) is 4.79 Å². The van der Waals surface area contributed by atoms with Crippen molar-refractivity contribution < 1.29 is 9.53 Å². The van der Waals surface area contributed by atoms with E-state index >= 15 is 0 Å². The molecular formula is C18H14Cl2N2O2S. The predicted octanol–water partition coefficient (Wildman–Crippen LogP) is 5.71. The number of benzene rings is 2. The first-order valence-corrected chi connectivity index (χ1v) is 9.06. The van der Waals surface area contributed by atoms with Crippen molar-refractivity contribution in [2.45, 2.75) is 13.5 Å². The van der Waals surface area contributed by atoms with Gasteiger partial charge >= 0.3 is 0 Å². The maximum absolute atomic E-state index is 12.0. The molecule has 0 spiro atoms. The molecule has 0 atom stereocenters. The zero-order chi connectivity index (χ0) is 17.8. The summed E-state index contributed by atoms with van der Waals surface area (Å²) in [5, 5.41) is 3.38. The fourth-order valence-corrected chi connectivity index (χ4v) is 3.35. The summed E-state index contributed by atoms with van der Waals surface area (Å²) in [7, 11) is 0. The molecule has 0 N–H and O–H groups in total. The second-order valence-electron chi connectivity index (χ2n) is 5.18. The van der Waals surface area contributed by atoms with E-state index in [-0.39, 0.29) is 12.5 Å². The molecule has 0 saturated heterocycles. The molecule has 0 aliphatic carbocycles. The van der Waals surface area contributed by atoms with Gasteiger partial charge in [0.1, 0.15) is 12.4 Å². The Hall–Kier alpha value is -2.08. The highest BCUT2D eigenvalue weighted by atomic mass is 35.5. The van der Waals surface area contributed by atoms with E-state index in [0.29, 0.717) is 20.9 Å². The second-order valence-corrected chi connectivity index (χ2v) is 6.83. The predicted molar refractivity (Wildman–Crippen MR) is 102 cm³/mol. The minimum Gasteiger partial charge on any atom is -0.487 e. The SMILES string of the molecule is CC(=O)N(c1ccccc1)c1nc(COc2ccc(Cl)c(Cl)c2)cs1.